The number of ether oxygens (including phenoxy) is 1. The molecule has 0 bridgehead atoms. The van der Waals surface area contributed by atoms with E-state index >= 15 is 0 Å². The van der Waals surface area contributed by atoms with Gasteiger partial charge in [-0.2, -0.15) is 4.98 Å². The predicted molar refractivity (Wildman–Crippen MR) is 128 cm³/mol. The topological polar surface area (TPSA) is 159 Å². The minimum atomic E-state index is -0.650. The number of piperidine rings is 1. The molecule has 13 nitrogen and oxygen atoms in total. The van der Waals surface area contributed by atoms with Crippen LogP contribution in [0.5, 0.6) is 0 Å². The molecule has 3 N–H and O–H groups in total. The number of nitrogens with zero attached hydrogens (tertiary/aromatic N) is 7. The van der Waals surface area contributed by atoms with Crippen molar-refractivity contribution in [2.75, 3.05) is 24.6 Å². The van der Waals surface area contributed by atoms with Gasteiger partial charge in [-0.15, -0.1) is 5.10 Å². The zero-order chi connectivity index (χ0) is 24.7. The molecule has 0 radical (unpaired) electrons. The summed E-state index contributed by atoms with van der Waals surface area (Å²) < 4.78 is 8.96. The Kier molecular flexibility index (Phi) is 5.84. The highest BCUT2D eigenvalue weighted by Crippen LogP contribution is 2.19. The number of hydrogen-bond acceptors (Lipinski definition) is 9. The van der Waals surface area contributed by atoms with Crippen LogP contribution in [0.15, 0.2) is 27.8 Å². The maximum Gasteiger partial charge on any atom is 0.333 e. The number of nitrogens with one attached hydrogen (secondary N) is 1. The third kappa shape index (κ3) is 4.18. The van der Waals surface area contributed by atoms with Crippen LogP contribution in [0.3, 0.4) is 0 Å². The molecule has 0 aliphatic carbocycles. The van der Waals surface area contributed by atoms with Crippen LogP contribution < -0.4 is 21.9 Å². The second-order valence-corrected chi connectivity index (χ2v) is 8.71. The monoisotopic (exact) mass is 481 g/mol. The Morgan fingerprint density at radius 2 is 2.11 bits per heavy atom. The van der Waals surface area contributed by atoms with Crippen molar-refractivity contribution < 1.29 is 9.53 Å². The molecule has 1 aliphatic heterocycles. The van der Waals surface area contributed by atoms with Crippen molar-refractivity contribution in [3.05, 3.63) is 44.6 Å². The summed E-state index contributed by atoms with van der Waals surface area (Å²) in [6.07, 6.45) is 1.80. The molecule has 1 unspecified atom stereocenters. The number of rotatable bonds is 6. The molecule has 184 valence electrons. The molecule has 1 saturated heterocycles. The number of carbonyl (C=O) groups excluding carboxylic acids is 1. The smallest absolute Gasteiger partial charge is 0.333 e. The van der Waals surface area contributed by atoms with Crippen molar-refractivity contribution in [3.63, 3.8) is 0 Å². The van der Waals surface area contributed by atoms with E-state index in [4.69, 9.17) is 10.5 Å². The van der Waals surface area contributed by atoms with Gasteiger partial charge in [0.25, 0.3) is 5.56 Å². The van der Waals surface area contributed by atoms with E-state index in [9.17, 15) is 14.4 Å². The second kappa shape index (κ2) is 8.98. The number of aryl methyl sites for hydroxylation is 1. The molecule has 5 rings (SSSR count). The highest BCUT2D eigenvalue weighted by molar-refractivity contribution is 5.77. The Balaban J connectivity index is 1.62. The number of esters is 1. The molecule has 3 aromatic heterocycles. The SMILES string of the molecule is CCOC(=O)Cn1c(=O)n(Cc2ccc3c(c2)nnn3C)c(=O)c2[nH]c(N3CCCC(N)C3)nc21. The summed E-state index contributed by atoms with van der Waals surface area (Å²) in [7, 11) is 1.78. The van der Waals surface area contributed by atoms with Crippen molar-refractivity contribution in [2.45, 2.75) is 38.9 Å². The number of H-pyrrole nitrogens is 1. The number of hydrogen-bond donors (Lipinski definition) is 2. The maximum atomic E-state index is 13.5. The lowest BCUT2D eigenvalue weighted by Crippen LogP contribution is -2.43. The van der Waals surface area contributed by atoms with Crippen LogP contribution in [0.25, 0.3) is 22.2 Å². The fourth-order valence-electron chi connectivity index (χ4n) is 4.49. The number of carbonyl (C=O) groups is 1. The van der Waals surface area contributed by atoms with Crippen molar-refractivity contribution in [2.24, 2.45) is 12.8 Å². The van der Waals surface area contributed by atoms with E-state index in [1.807, 2.05) is 17.0 Å². The average molecular weight is 482 g/mol. The Morgan fingerprint density at radius 1 is 1.29 bits per heavy atom. The number of imidazole rings is 1. The first-order valence-corrected chi connectivity index (χ1v) is 11.5. The average Bonchev–Trinajstić information content (AvgIpc) is 3.44. The molecular weight excluding hydrogens is 454 g/mol. The summed E-state index contributed by atoms with van der Waals surface area (Å²) in [5, 5.41) is 8.09. The van der Waals surface area contributed by atoms with Crippen LogP contribution in [0.4, 0.5) is 5.95 Å². The van der Waals surface area contributed by atoms with Gasteiger partial charge in [0.2, 0.25) is 5.95 Å². The summed E-state index contributed by atoms with van der Waals surface area (Å²) in [6, 6.07) is 5.41. The summed E-state index contributed by atoms with van der Waals surface area (Å²) in [6.45, 7) is 2.79. The van der Waals surface area contributed by atoms with E-state index in [2.05, 4.69) is 20.3 Å². The van der Waals surface area contributed by atoms with Crippen molar-refractivity contribution >= 4 is 34.1 Å². The first-order chi connectivity index (χ1) is 16.9. The van der Waals surface area contributed by atoms with E-state index in [1.54, 1.807) is 24.7 Å². The molecule has 35 heavy (non-hydrogen) atoms. The quantitative estimate of drug-likeness (QED) is 0.353. The highest BCUT2D eigenvalue weighted by Gasteiger charge is 2.24. The van der Waals surface area contributed by atoms with Gasteiger partial charge in [0.05, 0.1) is 18.7 Å². The van der Waals surface area contributed by atoms with E-state index in [-0.39, 0.29) is 36.9 Å². The van der Waals surface area contributed by atoms with Crippen LogP contribution in [0, 0.1) is 0 Å². The van der Waals surface area contributed by atoms with Crippen molar-refractivity contribution in [1.82, 2.24) is 34.1 Å². The molecular formula is C22H27N9O4. The Hall–Kier alpha value is -4.00. The summed E-state index contributed by atoms with van der Waals surface area (Å²) >= 11 is 0. The Bertz CT molecular complexity index is 1530. The molecule has 0 saturated carbocycles. The molecule has 1 fully saturated rings. The largest absolute Gasteiger partial charge is 0.465 e. The molecule has 4 aromatic rings. The van der Waals surface area contributed by atoms with Crippen LogP contribution >= 0.6 is 0 Å². The third-order valence-corrected chi connectivity index (χ3v) is 6.21. The molecule has 1 aliphatic rings. The first-order valence-electron chi connectivity index (χ1n) is 11.5. The fraction of sp³-hybridized carbons (Fsp3) is 0.455. The van der Waals surface area contributed by atoms with Gasteiger partial charge in [0.15, 0.2) is 11.2 Å². The first kappa shape index (κ1) is 22.8. The van der Waals surface area contributed by atoms with E-state index in [0.29, 0.717) is 23.6 Å². The normalized spacial score (nSPS) is 16.3. The molecule has 1 aromatic carbocycles. The zero-order valence-corrected chi connectivity index (χ0v) is 19.6. The van der Waals surface area contributed by atoms with E-state index in [0.717, 1.165) is 29.5 Å². The fourth-order valence-corrected chi connectivity index (χ4v) is 4.49. The molecule has 1 atom stereocenters. The van der Waals surface area contributed by atoms with Gasteiger partial charge < -0.3 is 20.4 Å². The van der Waals surface area contributed by atoms with Gasteiger partial charge in [-0.1, -0.05) is 11.3 Å². The summed E-state index contributed by atoms with van der Waals surface area (Å²) in [5.41, 5.74) is 7.37. The minimum Gasteiger partial charge on any atom is -0.465 e. The standard InChI is InChI=1S/C22H27N9O4/c1-3-35-17(32)12-30-19-18(24-21(25-19)29-8-4-5-14(23)11-29)20(33)31(22(30)34)10-13-6-7-16-15(9-13)26-27-28(16)2/h6-7,9,14H,3-5,8,10-12,23H2,1-2H3,(H,24,25). The van der Waals surface area contributed by atoms with Gasteiger partial charge in [0.1, 0.15) is 12.1 Å². The number of aromatic amines is 1. The van der Waals surface area contributed by atoms with Gasteiger partial charge in [-0.25, -0.2) is 9.48 Å². The third-order valence-electron chi connectivity index (χ3n) is 6.21. The molecule has 0 amide bonds. The number of benzene rings is 1. The van der Waals surface area contributed by atoms with E-state index in [1.165, 1.54) is 4.57 Å². The number of fused-ring (bicyclic) bond motifs is 2. The maximum absolute atomic E-state index is 13.5. The van der Waals surface area contributed by atoms with Gasteiger partial charge >= 0.3 is 11.7 Å². The lowest BCUT2D eigenvalue weighted by Gasteiger charge is -2.30. The number of anilines is 1. The minimum absolute atomic E-state index is 0.00801. The van der Waals surface area contributed by atoms with Crippen LogP contribution in [-0.4, -0.2) is 65.8 Å². The Morgan fingerprint density at radius 3 is 2.89 bits per heavy atom. The van der Waals surface area contributed by atoms with Crippen LogP contribution in [0.2, 0.25) is 0 Å². The van der Waals surface area contributed by atoms with E-state index < -0.39 is 17.2 Å². The molecule has 4 heterocycles. The highest BCUT2D eigenvalue weighted by atomic mass is 16.5. The lowest BCUT2D eigenvalue weighted by atomic mass is 10.1. The summed E-state index contributed by atoms with van der Waals surface area (Å²) in [4.78, 5) is 48.8. The van der Waals surface area contributed by atoms with Gasteiger partial charge in [-0.3, -0.25) is 18.7 Å². The Labute approximate surface area is 199 Å². The molecule has 13 heteroatoms. The lowest BCUT2D eigenvalue weighted by molar-refractivity contribution is -0.143. The van der Waals surface area contributed by atoms with Crippen LogP contribution in [-0.2, 0) is 29.7 Å². The van der Waals surface area contributed by atoms with Gasteiger partial charge in [0, 0.05) is 26.2 Å². The van der Waals surface area contributed by atoms with Crippen molar-refractivity contribution in [3.8, 4) is 0 Å². The number of nitrogens with two attached hydrogens (primary N) is 1. The predicted octanol–water partition coefficient (Wildman–Crippen LogP) is -0.293. The number of aromatic nitrogens is 7. The second-order valence-electron chi connectivity index (χ2n) is 8.71. The zero-order valence-electron chi connectivity index (χ0n) is 19.6. The molecule has 0 spiro atoms. The summed E-state index contributed by atoms with van der Waals surface area (Å²) in [5.74, 6) is -0.144. The van der Waals surface area contributed by atoms with Crippen molar-refractivity contribution in [1.29, 1.82) is 0 Å². The van der Waals surface area contributed by atoms with Gasteiger partial charge in [-0.05, 0) is 37.5 Å². The van der Waals surface area contributed by atoms with Crippen LogP contribution in [0.1, 0.15) is 25.3 Å².